The van der Waals surface area contributed by atoms with Gasteiger partial charge in [-0.05, 0) is 30.9 Å². The Morgan fingerprint density at radius 1 is 1.40 bits per heavy atom. The highest BCUT2D eigenvalue weighted by atomic mass is 35.5. The van der Waals surface area contributed by atoms with Gasteiger partial charge in [0.1, 0.15) is 10.6 Å². The lowest BCUT2D eigenvalue weighted by molar-refractivity contribution is 0.337. The van der Waals surface area contributed by atoms with Gasteiger partial charge < -0.3 is 10.5 Å². The predicted octanol–water partition coefficient (Wildman–Crippen LogP) is 1.47. The van der Waals surface area contributed by atoms with Crippen LogP contribution in [0.25, 0.3) is 0 Å². The molecule has 1 saturated carbocycles. The van der Waals surface area contributed by atoms with Gasteiger partial charge in [0.05, 0.1) is 7.11 Å². The first-order chi connectivity index (χ1) is 9.02. The Morgan fingerprint density at radius 2 is 2.00 bits per heavy atom. The molecule has 114 valence electrons. The van der Waals surface area contributed by atoms with Crippen molar-refractivity contribution < 1.29 is 13.2 Å². The number of likely N-dealkylation sites (N-methyl/N-ethyl adjacent to an activating group) is 1. The number of rotatable bonds is 6. The molecule has 0 radical (unpaired) electrons. The minimum Gasteiger partial charge on any atom is -0.495 e. The molecule has 1 atom stereocenters. The number of nitrogens with zero attached hydrogens (tertiary/aromatic N) is 1. The largest absolute Gasteiger partial charge is 0.495 e. The zero-order valence-corrected chi connectivity index (χ0v) is 13.3. The number of nitrogens with two attached hydrogens (primary N) is 1. The number of hydrogen-bond donors (Lipinski definition) is 1. The van der Waals surface area contributed by atoms with E-state index in [9.17, 15) is 8.42 Å². The first-order valence-electron chi connectivity index (χ1n) is 6.33. The maximum absolute atomic E-state index is 12.6. The molecular weight excluding hydrogens is 300 g/mol. The monoisotopic (exact) mass is 320 g/mol. The maximum Gasteiger partial charge on any atom is 0.246 e. The summed E-state index contributed by atoms with van der Waals surface area (Å²) in [6.07, 6.45) is 2.10. The van der Waals surface area contributed by atoms with Crippen molar-refractivity contribution in [1.29, 1.82) is 0 Å². The highest BCUT2D eigenvalue weighted by molar-refractivity contribution is 7.89. The first kappa shape index (κ1) is 17.2. The van der Waals surface area contributed by atoms with Crippen LogP contribution < -0.4 is 10.5 Å². The Labute approximate surface area is 126 Å². The lowest BCUT2D eigenvalue weighted by atomic mass is 10.2. The molecule has 0 aromatic heterocycles. The molecule has 1 aromatic carbocycles. The number of halogens is 1. The van der Waals surface area contributed by atoms with Crippen molar-refractivity contribution in [3.8, 4) is 5.75 Å². The second-order valence-electron chi connectivity index (χ2n) is 4.81. The zero-order chi connectivity index (χ0) is 14.0. The van der Waals surface area contributed by atoms with Crippen molar-refractivity contribution >= 4 is 22.4 Å². The Bertz CT molecular complexity index is 546. The van der Waals surface area contributed by atoms with E-state index in [4.69, 9.17) is 10.5 Å². The molecule has 1 unspecified atom stereocenters. The fourth-order valence-corrected chi connectivity index (χ4v) is 3.87. The van der Waals surface area contributed by atoms with Gasteiger partial charge in [-0.2, -0.15) is 4.31 Å². The molecule has 0 saturated heterocycles. The van der Waals surface area contributed by atoms with E-state index >= 15 is 0 Å². The van der Waals surface area contributed by atoms with E-state index in [2.05, 4.69) is 0 Å². The summed E-state index contributed by atoms with van der Waals surface area (Å²) in [5, 5.41) is 0. The summed E-state index contributed by atoms with van der Waals surface area (Å²) < 4.78 is 31.8. The molecule has 2 rings (SSSR count). The van der Waals surface area contributed by atoms with Crippen LogP contribution in [0.2, 0.25) is 0 Å². The van der Waals surface area contributed by atoms with Gasteiger partial charge >= 0.3 is 0 Å². The normalized spacial score (nSPS) is 16.6. The van der Waals surface area contributed by atoms with Gasteiger partial charge in [0.2, 0.25) is 10.0 Å². The minimum atomic E-state index is -3.57. The maximum atomic E-state index is 12.6. The second-order valence-corrected chi connectivity index (χ2v) is 6.78. The Balaban J connectivity index is 0.00000200. The summed E-state index contributed by atoms with van der Waals surface area (Å²) in [7, 11) is -0.507. The van der Waals surface area contributed by atoms with Crippen molar-refractivity contribution in [3.63, 3.8) is 0 Å². The molecule has 0 bridgehead atoms. The molecule has 0 amide bonds. The number of hydrogen-bond acceptors (Lipinski definition) is 4. The van der Waals surface area contributed by atoms with Crippen LogP contribution in [0, 0.1) is 5.92 Å². The molecule has 2 N–H and O–H groups in total. The third-order valence-corrected chi connectivity index (χ3v) is 5.52. The van der Waals surface area contributed by atoms with E-state index in [0.717, 1.165) is 12.8 Å². The number of sulfonamides is 1. The lowest BCUT2D eigenvalue weighted by Crippen LogP contribution is -2.43. The van der Waals surface area contributed by atoms with E-state index in [-0.39, 0.29) is 23.3 Å². The van der Waals surface area contributed by atoms with Crippen LogP contribution in [0.4, 0.5) is 0 Å². The molecule has 1 fully saturated rings. The van der Waals surface area contributed by atoms with Crippen LogP contribution in [-0.4, -0.2) is 39.5 Å². The zero-order valence-electron chi connectivity index (χ0n) is 11.7. The third kappa shape index (κ3) is 3.25. The Kier molecular flexibility index (Phi) is 5.82. The molecule has 0 aliphatic heterocycles. The molecule has 1 aromatic rings. The molecule has 1 aliphatic carbocycles. The highest BCUT2D eigenvalue weighted by Crippen LogP contribution is 2.37. The van der Waals surface area contributed by atoms with Crippen LogP contribution in [0.3, 0.4) is 0 Å². The minimum absolute atomic E-state index is 0. The molecular formula is C13H21ClN2O3S. The molecule has 5 nitrogen and oxygen atoms in total. The number of benzene rings is 1. The molecule has 1 aliphatic rings. The Hall–Kier alpha value is -0.820. The quantitative estimate of drug-likeness (QED) is 0.861. The van der Waals surface area contributed by atoms with Gasteiger partial charge in [-0.1, -0.05) is 12.1 Å². The topological polar surface area (TPSA) is 72.6 Å². The first-order valence-corrected chi connectivity index (χ1v) is 7.77. The fourth-order valence-electron chi connectivity index (χ4n) is 2.28. The summed E-state index contributed by atoms with van der Waals surface area (Å²) in [5.74, 6) is 0.750. The van der Waals surface area contributed by atoms with E-state index in [1.807, 2.05) is 0 Å². The van der Waals surface area contributed by atoms with E-state index < -0.39 is 10.0 Å². The summed E-state index contributed by atoms with van der Waals surface area (Å²) >= 11 is 0. The molecule has 20 heavy (non-hydrogen) atoms. The van der Waals surface area contributed by atoms with Gasteiger partial charge in [-0.15, -0.1) is 12.4 Å². The van der Waals surface area contributed by atoms with Crippen molar-refractivity contribution in [2.24, 2.45) is 11.7 Å². The van der Waals surface area contributed by atoms with Crippen molar-refractivity contribution in [3.05, 3.63) is 24.3 Å². The smallest absolute Gasteiger partial charge is 0.246 e. The van der Waals surface area contributed by atoms with Gasteiger partial charge in [0, 0.05) is 19.6 Å². The SMILES string of the molecule is COc1ccccc1S(=O)(=O)N(C)C(CN)C1CC1.Cl. The van der Waals surface area contributed by atoms with Crippen LogP contribution >= 0.6 is 12.4 Å². The molecule has 0 heterocycles. The van der Waals surface area contributed by atoms with E-state index in [0.29, 0.717) is 18.2 Å². The van der Waals surface area contributed by atoms with Gasteiger partial charge in [-0.25, -0.2) is 8.42 Å². The number of para-hydroxylation sites is 1. The lowest BCUT2D eigenvalue weighted by Gasteiger charge is -2.26. The van der Waals surface area contributed by atoms with Crippen molar-refractivity contribution in [2.75, 3.05) is 20.7 Å². The third-order valence-electron chi connectivity index (χ3n) is 3.60. The fraction of sp³-hybridized carbons (Fsp3) is 0.538. The summed E-state index contributed by atoms with van der Waals surface area (Å²) in [5.41, 5.74) is 5.72. The predicted molar refractivity (Wildman–Crippen MR) is 80.8 cm³/mol. The van der Waals surface area contributed by atoms with Crippen molar-refractivity contribution in [2.45, 2.75) is 23.8 Å². The van der Waals surface area contributed by atoms with Crippen LogP contribution in [0.5, 0.6) is 5.75 Å². The van der Waals surface area contributed by atoms with Gasteiger partial charge in [0.15, 0.2) is 0 Å². The average Bonchev–Trinajstić information content (AvgIpc) is 3.24. The molecule has 0 spiro atoms. The van der Waals surface area contributed by atoms with Crippen LogP contribution in [0.1, 0.15) is 12.8 Å². The number of ether oxygens (including phenoxy) is 1. The summed E-state index contributed by atoms with van der Waals surface area (Å²) in [6, 6.07) is 6.52. The van der Waals surface area contributed by atoms with E-state index in [1.54, 1.807) is 31.3 Å². The average molecular weight is 321 g/mol. The van der Waals surface area contributed by atoms with Crippen LogP contribution in [-0.2, 0) is 10.0 Å². The van der Waals surface area contributed by atoms with E-state index in [1.165, 1.54) is 11.4 Å². The molecule has 7 heteroatoms. The summed E-state index contributed by atoms with van der Waals surface area (Å²) in [4.78, 5) is 0.194. The van der Waals surface area contributed by atoms with Crippen molar-refractivity contribution in [1.82, 2.24) is 4.31 Å². The van der Waals surface area contributed by atoms with Gasteiger partial charge in [0.25, 0.3) is 0 Å². The highest BCUT2D eigenvalue weighted by Gasteiger charge is 2.38. The Morgan fingerprint density at radius 3 is 2.50 bits per heavy atom. The van der Waals surface area contributed by atoms with Gasteiger partial charge in [-0.3, -0.25) is 0 Å². The number of methoxy groups -OCH3 is 1. The van der Waals surface area contributed by atoms with Crippen LogP contribution in [0.15, 0.2) is 29.2 Å². The second kappa shape index (κ2) is 6.76. The standard InChI is InChI=1S/C13H20N2O3S.ClH/c1-15(11(9-14)10-7-8-10)19(16,17)13-6-4-3-5-12(13)18-2;/h3-6,10-11H,7-9,14H2,1-2H3;1H. The summed E-state index contributed by atoms with van der Waals surface area (Å²) in [6.45, 7) is 0.343.